The predicted molar refractivity (Wildman–Crippen MR) is 139 cm³/mol. The molecule has 36 heavy (non-hydrogen) atoms. The first-order chi connectivity index (χ1) is 17.4. The first kappa shape index (κ1) is 25.2. The van der Waals surface area contributed by atoms with E-state index in [1.807, 2.05) is 60.4 Å². The molecule has 7 nitrogen and oxygen atoms in total. The lowest BCUT2D eigenvalue weighted by Gasteiger charge is -2.22. The molecular formula is C29H33N3O4. The molecule has 0 atom stereocenters. The van der Waals surface area contributed by atoms with Gasteiger partial charge in [0.15, 0.2) is 0 Å². The number of carbonyl (C=O) groups excluding carboxylic acids is 2. The van der Waals surface area contributed by atoms with Crippen molar-refractivity contribution in [2.75, 3.05) is 33.3 Å². The average molecular weight is 488 g/mol. The molecule has 0 N–H and O–H groups in total. The van der Waals surface area contributed by atoms with Crippen molar-refractivity contribution in [2.24, 2.45) is 0 Å². The molecule has 0 unspecified atom stereocenters. The van der Waals surface area contributed by atoms with Gasteiger partial charge >= 0.3 is 0 Å². The van der Waals surface area contributed by atoms with Gasteiger partial charge in [0, 0.05) is 38.8 Å². The number of methoxy groups -OCH3 is 1. The minimum absolute atomic E-state index is 0.0836. The van der Waals surface area contributed by atoms with Crippen molar-refractivity contribution >= 4 is 11.8 Å². The van der Waals surface area contributed by atoms with Crippen molar-refractivity contribution < 1.29 is 14.3 Å². The number of hydrogen-bond acceptors (Lipinski definition) is 4. The summed E-state index contributed by atoms with van der Waals surface area (Å²) in [4.78, 5) is 42.7. The van der Waals surface area contributed by atoms with Gasteiger partial charge in [-0.25, -0.2) is 0 Å². The van der Waals surface area contributed by atoms with E-state index >= 15 is 0 Å². The maximum absolute atomic E-state index is 13.3. The standard InChI is InChI=1S/C29H33N3O4/c1-22-6-3-7-24(20-22)21-32-15-4-8-26(29(32)35)28(34)31-17-5-16-30(18-19-31)27(33)14-11-23-9-12-25(36-2)13-10-23/h3-4,6-10,12-13,15,20H,5,11,14,16-19,21H2,1-2H3. The predicted octanol–water partition coefficient (Wildman–Crippen LogP) is 3.52. The highest BCUT2D eigenvalue weighted by Crippen LogP contribution is 2.14. The summed E-state index contributed by atoms with van der Waals surface area (Å²) in [6.45, 7) is 4.44. The molecule has 0 saturated carbocycles. The second-order valence-electron chi connectivity index (χ2n) is 9.22. The molecule has 1 aliphatic rings. The van der Waals surface area contributed by atoms with E-state index in [1.54, 1.807) is 34.9 Å². The maximum atomic E-state index is 13.3. The van der Waals surface area contributed by atoms with Gasteiger partial charge in [0.25, 0.3) is 11.5 Å². The molecule has 1 aliphatic heterocycles. The first-order valence-corrected chi connectivity index (χ1v) is 12.4. The number of aryl methyl sites for hydroxylation is 2. The molecule has 0 aliphatic carbocycles. The fourth-order valence-corrected chi connectivity index (χ4v) is 4.57. The highest BCUT2D eigenvalue weighted by atomic mass is 16.5. The van der Waals surface area contributed by atoms with E-state index in [0.717, 1.165) is 22.4 Å². The van der Waals surface area contributed by atoms with Gasteiger partial charge in [-0.15, -0.1) is 0 Å². The molecule has 2 heterocycles. The SMILES string of the molecule is COc1ccc(CCC(=O)N2CCCN(C(=O)c3cccn(Cc4cccc(C)c4)c3=O)CC2)cc1. The van der Waals surface area contributed by atoms with Crippen LogP contribution in [0.1, 0.15) is 39.9 Å². The van der Waals surface area contributed by atoms with Gasteiger partial charge in [0.1, 0.15) is 11.3 Å². The summed E-state index contributed by atoms with van der Waals surface area (Å²) in [5, 5.41) is 0. The van der Waals surface area contributed by atoms with Crippen molar-refractivity contribution in [3.05, 3.63) is 99.5 Å². The Hall–Kier alpha value is -3.87. The zero-order chi connectivity index (χ0) is 25.5. The first-order valence-electron chi connectivity index (χ1n) is 12.4. The fourth-order valence-electron chi connectivity index (χ4n) is 4.57. The molecular weight excluding hydrogens is 454 g/mol. The molecule has 0 radical (unpaired) electrons. The topological polar surface area (TPSA) is 71.8 Å². The number of aromatic nitrogens is 1. The minimum atomic E-state index is -0.291. The Morgan fingerprint density at radius 2 is 1.64 bits per heavy atom. The van der Waals surface area contributed by atoms with Crippen LogP contribution in [0.5, 0.6) is 5.75 Å². The molecule has 1 fully saturated rings. The Balaban J connectivity index is 1.36. The Labute approximate surface area is 211 Å². The number of carbonyl (C=O) groups is 2. The van der Waals surface area contributed by atoms with Crippen LogP contribution >= 0.6 is 0 Å². The van der Waals surface area contributed by atoms with Crippen LogP contribution in [0.3, 0.4) is 0 Å². The molecule has 1 aromatic heterocycles. The van der Waals surface area contributed by atoms with Crippen molar-refractivity contribution in [3.63, 3.8) is 0 Å². The Morgan fingerprint density at radius 3 is 2.39 bits per heavy atom. The smallest absolute Gasteiger partial charge is 0.263 e. The van der Waals surface area contributed by atoms with Crippen LogP contribution in [0, 0.1) is 6.92 Å². The van der Waals surface area contributed by atoms with Crippen LogP contribution in [-0.2, 0) is 17.8 Å². The number of rotatable bonds is 7. The van der Waals surface area contributed by atoms with Gasteiger partial charge in [-0.1, -0.05) is 42.0 Å². The molecule has 7 heteroatoms. The van der Waals surface area contributed by atoms with Crippen LogP contribution < -0.4 is 10.3 Å². The molecule has 1 saturated heterocycles. The molecule has 2 amide bonds. The summed E-state index contributed by atoms with van der Waals surface area (Å²) >= 11 is 0. The lowest BCUT2D eigenvalue weighted by atomic mass is 10.1. The van der Waals surface area contributed by atoms with E-state index in [0.29, 0.717) is 52.0 Å². The number of ether oxygens (including phenoxy) is 1. The Bertz CT molecular complexity index is 1270. The monoisotopic (exact) mass is 487 g/mol. The molecule has 0 bridgehead atoms. The van der Waals surface area contributed by atoms with Crippen molar-refractivity contribution in [3.8, 4) is 5.75 Å². The molecule has 2 aromatic carbocycles. The van der Waals surface area contributed by atoms with Gasteiger partial charge in [-0.05, 0) is 55.2 Å². The zero-order valence-corrected chi connectivity index (χ0v) is 21.0. The third kappa shape index (κ3) is 6.22. The highest BCUT2D eigenvalue weighted by molar-refractivity contribution is 5.94. The van der Waals surface area contributed by atoms with Crippen molar-refractivity contribution in [1.82, 2.24) is 14.4 Å². The van der Waals surface area contributed by atoms with Crippen LogP contribution in [-0.4, -0.2) is 59.5 Å². The van der Waals surface area contributed by atoms with Crippen molar-refractivity contribution in [2.45, 2.75) is 32.7 Å². The largest absolute Gasteiger partial charge is 0.497 e. The van der Waals surface area contributed by atoms with Gasteiger partial charge in [-0.2, -0.15) is 0 Å². The fraction of sp³-hybridized carbons (Fsp3) is 0.345. The number of pyridine rings is 1. The summed E-state index contributed by atoms with van der Waals surface area (Å²) in [7, 11) is 1.63. The van der Waals surface area contributed by atoms with Gasteiger partial charge in [0.2, 0.25) is 5.91 Å². The quantitative estimate of drug-likeness (QED) is 0.511. The van der Waals surface area contributed by atoms with Crippen LogP contribution in [0.4, 0.5) is 0 Å². The van der Waals surface area contributed by atoms with E-state index in [4.69, 9.17) is 4.74 Å². The van der Waals surface area contributed by atoms with Crippen molar-refractivity contribution in [1.29, 1.82) is 0 Å². The minimum Gasteiger partial charge on any atom is -0.497 e. The van der Waals surface area contributed by atoms with E-state index in [-0.39, 0.29) is 22.9 Å². The summed E-state index contributed by atoms with van der Waals surface area (Å²) in [5.74, 6) is 0.606. The van der Waals surface area contributed by atoms with E-state index in [2.05, 4.69) is 0 Å². The van der Waals surface area contributed by atoms with E-state index < -0.39 is 0 Å². The third-order valence-electron chi connectivity index (χ3n) is 6.61. The maximum Gasteiger partial charge on any atom is 0.263 e. The molecule has 3 aromatic rings. The second-order valence-corrected chi connectivity index (χ2v) is 9.22. The molecule has 0 spiro atoms. The third-order valence-corrected chi connectivity index (χ3v) is 6.61. The van der Waals surface area contributed by atoms with Crippen LogP contribution in [0.2, 0.25) is 0 Å². The second kappa shape index (κ2) is 11.7. The zero-order valence-electron chi connectivity index (χ0n) is 21.0. The highest BCUT2D eigenvalue weighted by Gasteiger charge is 2.24. The molecule has 4 rings (SSSR count). The van der Waals surface area contributed by atoms with Gasteiger partial charge < -0.3 is 19.1 Å². The Kier molecular flexibility index (Phi) is 8.21. The van der Waals surface area contributed by atoms with Gasteiger partial charge in [0.05, 0.1) is 13.7 Å². The van der Waals surface area contributed by atoms with Crippen LogP contribution in [0.25, 0.3) is 0 Å². The van der Waals surface area contributed by atoms with Gasteiger partial charge in [-0.3, -0.25) is 14.4 Å². The van der Waals surface area contributed by atoms with E-state index in [1.165, 1.54) is 0 Å². The number of hydrogen-bond donors (Lipinski definition) is 0. The Morgan fingerprint density at radius 1 is 0.889 bits per heavy atom. The summed E-state index contributed by atoms with van der Waals surface area (Å²) < 4.78 is 6.76. The number of nitrogens with zero attached hydrogens (tertiary/aromatic N) is 3. The lowest BCUT2D eigenvalue weighted by Crippen LogP contribution is -2.40. The summed E-state index contributed by atoms with van der Waals surface area (Å²) in [6, 6.07) is 19.1. The normalized spacial score (nSPS) is 13.8. The summed E-state index contributed by atoms with van der Waals surface area (Å²) in [6.07, 6.45) is 3.48. The van der Waals surface area contributed by atoms with Crippen LogP contribution in [0.15, 0.2) is 71.7 Å². The summed E-state index contributed by atoms with van der Waals surface area (Å²) in [5.41, 5.74) is 3.10. The van der Waals surface area contributed by atoms with E-state index in [9.17, 15) is 14.4 Å². The number of benzene rings is 2. The molecule has 188 valence electrons. The average Bonchev–Trinajstić information content (AvgIpc) is 3.15. The lowest BCUT2D eigenvalue weighted by molar-refractivity contribution is -0.131. The number of amides is 2.